The highest BCUT2D eigenvalue weighted by Crippen LogP contribution is 2.39. The van der Waals surface area contributed by atoms with Gasteiger partial charge >= 0.3 is 7.12 Å². The molecular formula is C16H20BNO2S2. The van der Waals surface area contributed by atoms with Crippen molar-refractivity contribution < 1.29 is 9.31 Å². The third-order valence-electron chi connectivity index (χ3n) is 4.45. The molecule has 0 aliphatic carbocycles. The molecule has 1 aromatic heterocycles. The maximum Gasteiger partial charge on any atom is 0.491 e. The summed E-state index contributed by atoms with van der Waals surface area (Å²) in [6.07, 6.45) is 2.09. The lowest BCUT2D eigenvalue weighted by atomic mass is 9.78. The molecular weight excluding hydrogens is 313 g/mol. The van der Waals surface area contributed by atoms with Crippen LogP contribution in [0.3, 0.4) is 0 Å². The summed E-state index contributed by atoms with van der Waals surface area (Å²) < 4.78 is 13.4. The molecule has 3 rings (SSSR count). The van der Waals surface area contributed by atoms with Gasteiger partial charge in [-0.2, -0.15) is 12.6 Å². The van der Waals surface area contributed by atoms with Crippen molar-refractivity contribution in [2.75, 3.05) is 5.75 Å². The molecule has 0 radical (unpaired) electrons. The molecule has 1 saturated heterocycles. The molecule has 0 saturated carbocycles. The third-order valence-corrected chi connectivity index (χ3v) is 5.62. The van der Waals surface area contributed by atoms with Crippen LogP contribution >= 0.6 is 24.0 Å². The zero-order valence-corrected chi connectivity index (χ0v) is 15.0. The molecule has 2 aromatic rings. The average Bonchev–Trinajstić information content (AvgIpc) is 2.98. The molecule has 3 nitrogen and oxygen atoms in total. The van der Waals surface area contributed by atoms with Gasteiger partial charge in [0.2, 0.25) is 0 Å². The molecule has 0 unspecified atom stereocenters. The second-order valence-electron chi connectivity index (χ2n) is 6.55. The van der Waals surface area contributed by atoms with Gasteiger partial charge in [0.05, 0.1) is 26.9 Å². The number of nitrogens with zero attached hydrogens (tertiary/aromatic N) is 1. The number of aromatic nitrogens is 1. The highest BCUT2D eigenvalue weighted by molar-refractivity contribution is 7.80. The first-order chi connectivity index (χ1) is 10.3. The lowest BCUT2D eigenvalue weighted by Gasteiger charge is -2.32. The largest absolute Gasteiger partial charge is 0.491 e. The number of fused-ring (bicyclic) bond motifs is 1. The molecule has 1 aliphatic rings. The Kier molecular flexibility index (Phi) is 4.14. The second-order valence-corrected chi connectivity index (χ2v) is 7.75. The summed E-state index contributed by atoms with van der Waals surface area (Å²) in [6.45, 7) is 8.24. The van der Waals surface area contributed by atoms with Crippen molar-refractivity contribution in [1.82, 2.24) is 4.98 Å². The Morgan fingerprint density at radius 3 is 2.59 bits per heavy atom. The van der Waals surface area contributed by atoms with Gasteiger partial charge < -0.3 is 9.31 Å². The SMILES string of the molecule is CC1(C)OB(C(=Cc2ccc3scnc3c2)CS)OC1(C)C. The molecule has 6 heteroatoms. The predicted octanol–water partition coefficient (Wildman–Crippen LogP) is 4.24. The van der Waals surface area contributed by atoms with Crippen molar-refractivity contribution in [2.45, 2.75) is 38.9 Å². The first kappa shape index (κ1) is 16.1. The highest BCUT2D eigenvalue weighted by atomic mass is 32.1. The lowest BCUT2D eigenvalue weighted by molar-refractivity contribution is 0.00578. The molecule has 1 fully saturated rings. The van der Waals surface area contributed by atoms with E-state index in [9.17, 15) is 0 Å². The van der Waals surface area contributed by atoms with E-state index in [2.05, 4.69) is 69.6 Å². The van der Waals surface area contributed by atoms with Crippen molar-refractivity contribution >= 4 is 47.4 Å². The number of hydrogen-bond acceptors (Lipinski definition) is 5. The Balaban J connectivity index is 1.90. The van der Waals surface area contributed by atoms with Gasteiger partial charge in [-0.3, -0.25) is 0 Å². The monoisotopic (exact) mass is 333 g/mol. The van der Waals surface area contributed by atoms with Gasteiger partial charge in [0, 0.05) is 5.75 Å². The van der Waals surface area contributed by atoms with E-state index in [-0.39, 0.29) is 18.3 Å². The van der Waals surface area contributed by atoms with E-state index < -0.39 is 0 Å². The van der Waals surface area contributed by atoms with Crippen LogP contribution in [0.4, 0.5) is 0 Å². The van der Waals surface area contributed by atoms with Gasteiger partial charge in [-0.15, -0.1) is 11.3 Å². The van der Waals surface area contributed by atoms with Crippen molar-refractivity contribution in [1.29, 1.82) is 0 Å². The molecule has 22 heavy (non-hydrogen) atoms. The van der Waals surface area contributed by atoms with Crippen LogP contribution in [0.15, 0.2) is 29.2 Å². The maximum absolute atomic E-state index is 6.11. The van der Waals surface area contributed by atoms with Crippen LogP contribution in [-0.2, 0) is 9.31 Å². The van der Waals surface area contributed by atoms with Crippen LogP contribution in [0.2, 0.25) is 0 Å². The van der Waals surface area contributed by atoms with Gasteiger partial charge in [-0.05, 0) is 50.9 Å². The summed E-state index contributed by atoms with van der Waals surface area (Å²) in [5.74, 6) is 0.589. The fraction of sp³-hybridized carbons (Fsp3) is 0.438. The number of hydrogen-bond donors (Lipinski definition) is 1. The standard InChI is InChI=1S/C16H20BNO2S2/c1-15(2)16(3,4)20-17(19-15)12(9-21)7-11-5-6-14-13(8-11)18-10-22-14/h5-8,10,21H,9H2,1-4H3. The van der Waals surface area contributed by atoms with Crippen LogP contribution in [0.1, 0.15) is 33.3 Å². The maximum atomic E-state index is 6.11. The van der Waals surface area contributed by atoms with Crippen LogP contribution in [0, 0.1) is 0 Å². The van der Waals surface area contributed by atoms with Crippen LogP contribution in [0.25, 0.3) is 16.3 Å². The van der Waals surface area contributed by atoms with Crippen molar-refractivity contribution in [3.05, 3.63) is 34.7 Å². The van der Waals surface area contributed by atoms with Crippen molar-refractivity contribution in [3.8, 4) is 0 Å². The zero-order valence-electron chi connectivity index (χ0n) is 13.3. The summed E-state index contributed by atoms with van der Waals surface area (Å²) in [5, 5.41) is 0. The minimum Gasteiger partial charge on any atom is -0.400 e. The predicted molar refractivity (Wildman–Crippen MR) is 97.5 cm³/mol. The number of benzene rings is 1. The topological polar surface area (TPSA) is 31.4 Å². The van der Waals surface area contributed by atoms with Gasteiger partial charge in [0.1, 0.15) is 0 Å². The van der Waals surface area contributed by atoms with E-state index in [1.807, 2.05) is 5.51 Å². The Bertz CT molecular complexity index is 708. The smallest absolute Gasteiger partial charge is 0.400 e. The van der Waals surface area contributed by atoms with Crippen LogP contribution in [0.5, 0.6) is 0 Å². The van der Waals surface area contributed by atoms with Crippen LogP contribution in [-0.4, -0.2) is 29.1 Å². The normalized spacial score (nSPS) is 20.8. The minimum absolute atomic E-state index is 0.335. The molecule has 116 valence electrons. The van der Waals surface area contributed by atoms with E-state index in [0.29, 0.717) is 5.75 Å². The Hall–Kier alpha value is -0.815. The number of thiazole rings is 1. The van der Waals surface area contributed by atoms with E-state index in [1.54, 1.807) is 11.3 Å². The molecule has 1 aliphatic heterocycles. The quantitative estimate of drug-likeness (QED) is 0.673. The van der Waals surface area contributed by atoms with Gasteiger partial charge in [0.15, 0.2) is 0 Å². The summed E-state index contributed by atoms with van der Waals surface area (Å²) >= 11 is 6.10. The third kappa shape index (κ3) is 2.85. The van der Waals surface area contributed by atoms with E-state index >= 15 is 0 Å². The number of thiol groups is 1. The second kappa shape index (κ2) is 5.67. The highest BCUT2D eigenvalue weighted by Gasteiger charge is 2.52. The Labute approximate surface area is 141 Å². The van der Waals surface area contributed by atoms with E-state index in [1.165, 1.54) is 4.70 Å². The fourth-order valence-corrected chi connectivity index (χ4v) is 3.26. The first-order valence-electron chi connectivity index (χ1n) is 7.33. The molecule has 0 atom stereocenters. The van der Waals surface area contributed by atoms with Gasteiger partial charge in [-0.25, -0.2) is 4.98 Å². The molecule has 0 bridgehead atoms. The molecule has 1 aromatic carbocycles. The Morgan fingerprint density at radius 2 is 1.95 bits per heavy atom. The molecule has 0 amide bonds. The summed E-state index contributed by atoms with van der Waals surface area (Å²) in [6, 6.07) is 6.27. The summed E-state index contributed by atoms with van der Waals surface area (Å²) in [7, 11) is -0.353. The van der Waals surface area contributed by atoms with Crippen molar-refractivity contribution in [3.63, 3.8) is 0 Å². The van der Waals surface area contributed by atoms with E-state index in [4.69, 9.17) is 9.31 Å². The van der Waals surface area contributed by atoms with Crippen LogP contribution < -0.4 is 0 Å². The van der Waals surface area contributed by atoms with Gasteiger partial charge in [-0.1, -0.05) is 12.1 Å². The summed E-state index contributed by atoms with van der Waals surface area (Å²) in [4.78, 5) is 4.36. The average molecular weight is 333 g/mol. The van der Waals surface area contributed by atoms with Crippen molar-refractivity contribution in [2.24, 2.45) is 0 Å². The zero-order chi connectivity index (χ0) is 16.0. The molecule has 0 spiro atoms. The molecule has 0 N–H and O–H groups in total. The van der Waals surface area contributed by atoms with E-state index in [0.717, 1.165) is 16.6 Å². The fourth-order valence-electron chi connectivity index (χ4n) is 2.36. The molecule has 2 heterocycles. The number of rotatable bonds is 3. The van der Waals surface area contributed by atoms with Gasteiger partial charge in [0.25, 0.3) is 0 Å². The lowest BCUT2D eigenvalue weighted by Crippen LogP contribution is -2.41. The first-order valence-corrected chi connectivity index (χ1v) is 8.84. The minimum atomic E-state index is -0.353. The summed E-state index contributed by atoms with van der Waals surface area (Å²) in [5.41, 5.74) is 4.34. The Morgan fingerprint density at radius 1 is 1.27 bits per heavy atom.